The van der Waals surface area contributed by atoms with E-state index in [-0.39, 0.29) is 17.6 Å². The molecule has 1 aromatic heterocycles. The van der Waals surface area contributed by atoms with Gasteiger partial charge in [-0.1, -0.05) is 54.9 Å². The van der Waals surface area contributed by atoms with Gasteiger partial charge in [-0.3, -0.25) is 4.79 Å². The van der Waals surface area contributed by atoms with Crippen LogP contribution in [0.1, 0.15) is 35.7 Å². The molecule has 3 rings (SSSR count). The number of aromatic nitrogens is 3. The van der Waals surface area contributed by atoms with Gasteiger partial charge >= 0.3 is 5.97 Å². The molecule has 0 aliphatic rings. The van der Waals surface area contributed by atoms with Gasteiger partial charge < -0.3 is 15.9 Å². The fourth-order valence-electron chi connectivity index (χ4n) is 2.68. The number of nitrogens with one attached hydrogen (secondary N) is 1. The molecule has 0 bridgehead atoms. The Morgan fingerprint density at radius 3 is 2.48 bits per heavy atom. The summed E-state index contributed by atoms with van der Waals surface area (Å²) in [5.74, 6) is 6.16. The first-order valence-corrected chi connectivity index (χ1v) is 10.9. The van der Waals surface area contributed by atoms with Gasteiger partial charge in [0, 0.05) is 11.3 Å². The summed E-state index contributed by atoms with van der Waals surface area (Å²) in [7, 11) is 0. The van der Waals surface area contributed by atoms with Crippen molar-refractivity contribution in [2.75, 3.05) is 23.5 Å². The highest BCUT2D eigenvalue weighted by Gasteiger charge is 2.14. The number of hydrogen-bond acceptors (Lipinski definition) is 7. The summed E-state index contributed by atoms with van der Waals surface area (Å²) in [5, 5.41) is 11.4. The Hall–Kier alpha value is -3.33. The quantitative estimate of drug-likeness (QED) is 0.226. The Labute approximate surface area is 185 Å². The SMILES string of the molecule is CCCCOC(=O)c1ccc(NC(=O)CSc2nnc(-c3ccc(C)cc3)n2N)cc1. The number of rotatable bonds is 9. The van der Waals surface area contributed by atoms with E-state index in [0.29, 0.717) is 28.8 Å². The van der Waals surface area contributed by atoms with Crippen LogP contribution in [0.15, 0.2) is 53.7 Å². The summed E-state index contributed by atoms with van der Waals surface area (Å²) in [6.45, 7) is 4.44. The number of carbonyl (C=O) groups excluding carboxylic acids is 2. The van der Waals surface area contributed by atoms with Crippen molar-refractivity contribution in [3.05, 3.63) is 59.7 Å². The smallest absolute Gasteiger partial charge is 0.338 e. The maximum atomic E-state index is 12.3. The average molecular weight is 440 g/mol. The van der Waals surface area contributed by atoms with Crippen LogP contribution in [0, 0.1) is 6.92 Å². The van der Waals surface area contributed by atoms with Crippen LogP contribution in [-0.2, 0) is 9.53 Å². The van der Waals surface area contributed by atoms with Crippen LogP contribution in [0.4, 0.5) is 5.69 Å². The van der Waals surface area contributed by atoms with Gasteiger partial charge in [0.05, 0.1) is 17.9 Å². The number of nitrogens with two attached hydrogens (primary N) is 1. The maximum Gasteiger partial charge on any atom is 0.338 e. The molecular formula is C22H25N5O3S. The first-order valence-electron chi connectivity index (χ1n) is 9.95. The zero-order chi connectivity index (χ0) is 22.2. The fourth-order valence-corrected chi connectivity index (χ4v) is 3.34. The minimum atomic E-state index is -0.367. The first-order chi connectivity index (χ1) is 15.0. The zero-order valence-electron chi connectivity index (χ0n) is 17.5. The summed E-state index contributed by atoms with van der Waals surface area (Å²) < 4.78 is 6.55. The highest BCUT2D eigenvalue weighted by molar-refractivity contribution is 7.99. The number of hydrogen-bond donors (Lipinski definition) is 2. The number of amides is 1. The molecular weight excluding hydrogens is 414 g/mol. The van der Waals surface area contributed by atoms with Crippen molar-refractivity contribution in [3.8, 4) is 11.4 Å². The molecule has 1 heterocycles. The number of aryl methyl sites for hydroxylation is 1. The van der Waals surface area contributed by atoms with Crippen LogP contribution in [0.3, 0.4) is 0 Å². The van der Waals surface area contributed by atoms with Gasteiger partial charge in [0.15, 0.2) is 5.82 Å². The normalized spacial score (nSPS) is 10.6. The average Bonchev–Trinajstić information content (AvgIpc) is 3.14. The Bertz CT molecular complexity index is 1030. The lowest BCUT2D eigenvalue weighted by molar-refractivity contribution is -0.113. The van der Waals surface area contributed by atoms with E-state index in [1.807, 2.05) is 38.1 Å². The number of benzene rings is 2. The van der Waals surface area contributed by atoms with Crippen LogP contribution in [-0.4, -0.2) is 39.1 Å². The van der Waals surface area contributed by atoms with E-state index in [1.54, 1.807) is 24.3 Å². The third-order valence-corrected chi connectivity index (χ3v) is 5.39. The third-order valence-electron chi connectivity index (χ3n) is 4.44. The predicted octanol–water partition coefficient (Wildman–Crippen LogP) is 3.66. The molecule has 3 aromatic rings. The molecule has 0 spiro atoms. The Morgan fingerprint density at radius 2 is 1.81 bits per heavy atom. The highest BCUT2D eigenvalue weighted by atomic mass is 32.2. The number of carbonyl (C=O) groups is 2. The summed E-state index contributed by atoms with van der Waals surface area (Å²) >= 11 is 1.19. The molecule has 0 saturated heterocycles. The number of ether oxygens (including phenoxy) is 1. The molecule has 0 saturated carbocycles. The van der Waals surface area contributed by atoms with E-state index in [1.165, 1.54) is 16.4 Å². The third kappa shape index (κ3) is 6.08. The molecule has 1 amide bonds. The van der Waals surface area contributed by atoms with Crippen LogP contribution in [0.5, 0.6) is 0 Å². The largest absolute Gasteiger partial charge is 0.462 e. The van der Waals surface area contributed by atoms with Crippen LogP contribution < -0.4 is 11.2 Å². The number of esters is 1. The summed E-state index contributed by atoms with van der Waals surface area (Å²) in [4.78, 5) is 24.2. The summed E-state index contributed by atoms with van der Waals surface area (Å²) in [5.41, 5.74) is 3.03. The molecule has 8 nitrogen and oxygen atoms in total. The van der Waals surface area contributed by atoms with Crippen molar-refractivity contribution in [2.24, 2.45) is 0 Å². The number of anilines is 1. The molecule has 0 atom stereocenters. The second-order valence-corrected chi connectivity index (χ2v) is 7.89. The molecule has 3 N–H and O–H groups in total. The fraction of sp³-hybridized carbons (Fsp3) is 0.273. The van der Waals surface area contributed by atoms with E-state index in [2.05, 4.69) is 15.5 Å². The summed E-state index contributed by atoms with van der Waals surface area (Å²) in [6.07, 6.45) is 1.80. The van der Waals surface area contributed by atoms with Gasteiger partial charge in [0.25, 0.3) is 0 Å². The Kier molecular flexibility index (Phi) is 7.66. The van der Waals surface area contributed by atoms with Crippen molar-refractivity contribution < 1.29 is 14.3 Å². The van der Waals surface area contributed by atoms with Gasteiger partial charge in [0.1, 0.15) is 0 Å². The van der Waals surface area contributed by atoms with Crippen molar-refractivity contribution in [1.82, 2.24) is 14.9 Å². The highest BCUT2D eigenvalue weighted by Crippen LogP contribution is 2.22. The lowest BCUT2D eigenvalue weighted by atomic mass is 10.1. The number of nitrogen functional groups attached to an aromatic ring is 1. The van der Waals surface area contributed by atoms with Gasteiger partial charge in [0.2, 0.25) is 11.1 Å². The van der Waals surface area contributed by atoms with Gasteiger partial charge in [-0.25, -0.2) is 9.47 Å². The summed E-state index contributed by atoms with van der Waals surface area (Å²) in [6, 6.07) is 14.4. The van der Waals surface area contributed by atoms with E-state index >= 15 is 0 Å². The lowest BCUT2D eigenvalue weighted by Gasteiger charge is -2.07. The Balaban J connectivity index is 1.52. The molecule has 0 fully saturated rings. The topological polar surface area (TPSA) is 112 Å². The Morgan fingerprint density at radius 1 is 1.10 bits per heavy atom. The van der Waals surface area contributed by atoms with E-state index in [0.717, 1.165) is 24.0 Å². The predicted molar refractivity (Wildman–Crippen MR) is 121 cm³/mol. The van der Waals surface area contributed by atoms with Gasteiger partial charge in [-0.15, -0.1) is 10.2 Å². The molecule has 162 valence electrons. The van der Waals surface area contributed by atoms with E-state index < -0.39 is 0 Å². The number of unbranched alkanes of at least 4 members (excludes halogenated alkanes) is 1. The van der Waals surface area contributed by atoms with E-state index in [4.69, 9.17) is 10.6 Å². The number of thioether (sulfide) groups is 1. The van der Waals surface area contributed by atoms with Gasteiger partial charge in [-0.2, -0.15) is 0 Å². The molecule has 0 unspecified atom stereocenters. The van der Waals surface area contributed by atoms with Crippen LogP contribution in [0.2, 0.25) is 0 Å². The molecule has 9 heteroatoms. The molecule has 0 aliphatic carbocycles. The molecule has 0 aliphatic heterocycles. The molecule has 31 heavy (non-hydrogen) atoms. The van der Waals surface area contributed by atoms with Crippen molar-refractivity contribution in [3.63, 3.8) is 0 Å². The minimum Gasteiger partial charge on any atom is -0.462 e. The maximum absolute atomic E-state index is 12.3. The van der Waals surface area contributed by atoms with Crippen LogP contribution in [0.25, 0.3) is 11.4 Å². The van der Waals surface area contributed by atoms with E-state index in [9.17, 15) is 9.59 Å². The standard InChI is InChI=1S/C22H25N5O3S/c1-3-4-13-30-21(29)17-9-11-18(12-10-17)24-19(28)14-31-22-26-25-20(27(22)23)16-7-5-15(2)6-8-16/h5-12H,3-4,13-14,23H2,1-2H3,(H,24,28). The molecule has 0 radical (unpaired) electrons. The van der Waals surface area contributed by atoms with Crippen molar-refractivity contribution in [2.45, 2.75) is 31.8 Å². The van der Waals surface area contributed by atoms with Crippen molar-refractivity contribution >= 4 is 29.3 Å². The van der Waals surface area contributed by atoms with Crippen molar-refractivity contribution in [1.29, 1.82) is 0 Å². The second-order valence-electron chi connectivity index (χ2n) is 6.95. The second kappa shape index (κ2) is 10.6. The van der Waals surface area contributed by atoms with Crippen LogP contribution >= 0.6 is 11.8 Å². The molecule has 2 aromatic carbocycles. The zero-order valence-corrected chi connectivity index (χ0v) is 18.3. The number of nitrogens with zero attached hydrogens (tertiary/aromatic N) is 3. The minimum absolute atomic E-state index is 0.115. The van der Waals surface area contributed by atoms with Gasteiger partial charge in [-0.05, 0) is 37.6 Å². The lowest BCUT2D eigenvalue weighted by Crippen LogP contribution is -2.16. The monoisotopic (exact) mass is 439 g/mol. The first kappa shape index (κ1) is 22.4.